The number of carbonyl (C=O) groups is 2. The van der Waals surface area contributed by atoms with Gasteiger partial charge in [-0.15, -0.1) is 11.3 Å². The minimum Gasteiger partial charge on any atom is -0.339 e. The lowest BCUT2D eigenvalue weighted by Crippen LogP contribution is -2.40. The number of aryl methyl sites for hydroxylation is 1. The van der Waals surface area contributed by atoms with Gasteiger partial charge in [0.2, 0.25) is 23.5 Å². The summed E-state index contributed by atoms with van der Waals surface area (Å²) < 4.78 is 5.04. The summed E-state index contributed by atoms with van der Waals surface area (Å²) in [6.07, 6.45) is 0.482. The van der Waals surface area contributed by atoms with Crippen molar-refractivity contribution >= 4 is 23.2 Å². The van der Waals surface area contributed by atoms with Crippen molar-refractivity contribution in [3.05, 3.63) is 23.4 Å². The SMILES string of the molecule is CC(=O)NNC(=O)CCc1nc(-c2cccs2)no1. The zero-order chi connectivity index (χ0) is 13.7. The summed E-state index contributed by atoms with van der Waals surface area (Å²) in [5, 5.41) is 5.76. The number of hydrazine groups is 1. The zero-order valence-corrected chi connectivity index (χ0v) is 11.0. The number of hydrogen-bond donors (Lipinski definition) is 2. The summed E-state index contributed by atoms with van der Waals surface area (Å²) in [6.45, 7) is 1.31. The van der Waals surface area contributed by atoms with E-state index in [0.717, 1.165) is 4.88 Å². The van der Waals surface area contributed by atoms with Crippen LogP contribution in [-0.2, 0) is 16.0 Å². The van der Waals surface area contributed by atoms with Crippen molar-refractivity contribution in [2.45, 2.75) is 19.8 Å². The molecule has 0 bridgehead atoms. The van der Waals surface area contributed by atoms with Gasteiger partial charge in [0.1, 0.15) is 0 Å². The maximum atomic E-state index is 11.3. The Bertz CT molecular complexity index is 564. The molecule has 0 spiro atoms. The predicted molar refractivity (Wildman–Crippen MR) is 67.9 cm³/mol. The molecular weight excluding hydrogens is 268 g/mol. The Morgan fingerprint density at radius 2 is 2.26 bits per heavy atom. The van der Waals surface area contributed by atoms with Crippen molar-refractivity contribution in [3.8, 4) is 10.7 Å². The molecule has 0 unspecified atom stereocenters. The fourth-order valence-corrected chi connectivity index (χ4v) is 1.95. The Hall–Kier alpha value is -2.22. The molecule has 0 saturated heterocycles. The smallest absolute Gasteiger partial charge is 0.238 e. The van der Waals surface area contributed by atoms with Crippen LogP contribution in [0.4, 0.5) is 0 Å². The second-order valence-corrected chi connectivity index (χ2v) is 4.67. The highest BCUT2D eigenvalue weighted by Gasteiger charge is 2.11. The lowest BCUT2D eigenvalue weighted by Gasteiger charge is -2.02. The quantitative estimate of drug-likeness (QED) is 0.811. The minimum atomic E-state index is -0.328. The van der Waals surface area contributed by atoms with Crippen molar-refractivity contribution in [2.75, 3.05) is 0 Å². The summed E-state index contributed by atoms with van der Waals surface area (Å²) in [6, 6.07) is 3.79. The topological polar surface area (TPSA) is 97.1 Å². The van der Waals surface area contributed by atoms with Gasteiger partial charge in [0, 0.05) is 19.8 Å². The van der Waals surface area contributed by atoms with Crippen molar-refractivity contribution < 1.29 is 14.1 Å². The van der Waals surface area contributed by atoms with Gasteiger partial charge < -0.3 is 4.52 Å². The van der Waals surface area contributed by atoms with Crippen LogP contribution in [0, 0.1) is 0 Å². The first-order chi connectivity index (χ1) is 9.15. The third-order valence-corrected chi connectivity index (χ3v) is 3.02. The molecule has 0 saturated carbocycles. The highest BCUT2D eigenvalue weighted by atomic mass is 32.1. The van der Waals surface area contributed by atoms with Gasteiger partial charge in [0.25, 0.3) is 0 Å². The molecule has 0 aliphatic heterocycles. The molecule has 2 amide bonds. The van der Waals surface area contributed by atoms with Gasteiger partial charge in [-0.05, 0) is 11.4 Å². The first-order valence-electron chi connectivity index (χ1n) is 5.57. The molecule has 0 aromatic carbocycles. The highest BCUT2D eigenvalue weighted by Crippen LogP contribution is 2.21. The Morgan fingerprint density at radius 3 is 2.95 bits per heavy atom. The van der Waals surface area contributed by atoms with E-state index in [1.807, 2.05) is 17.5 Å². The molecule has 8 heteroatoms. The van der Waals surface area contributed by atoms with E-state index < -0.39 is 0 Å². The van der Waals surface area contributed by atoms with Gasteiger partial charge in [-0.25, -0.2) is 0 Å². The summed E-state index contributed by atoms with van der Waals surface area (Å²) in [4.78, 5) is 27.0. The van der Waals surface area contributed by atoms with Crippen LogP contribution in [0.2, 0.25) is 0 Å². The number of aromatic nitrogens is 2. The van der Waals surface area contributed by atoms with Gasteiger partial charge in [-0.3, -0.25) is 20.4 Å². The number of rotatable bonds is 4. The van der Waals surface area contributed by atoms with Crippen LogP contribution in [0.3, 0.4) is 0 Å². The first kappa shape index (κ1) is 13.2. The maximum absolute atomic E-state index is 11.3. The fourth-order valence-electron chi connectivity index (χ4n) is 1.30. The van der Waals surface area contributed by atoms with Gasteiger partial charge in [-0.1, -0.05) is 11.2 Å². The highest BCUT2D eigenvalue weighted by molar-refractivity contribution is 7.13. The van der Waals surface area contributed by atoms with E-state index >= 15 is 0 Å². The van der Waals surface area contributed by atoms with Crippen LogP contribution < -0.4 is 10.9 Å². The molecule has 0 atom stereocenters. The van der Waals surface area contributed by atoms with E-state index in [1.165, 1.54) is 18.3 Å². The molecule has 7 nitrogen and oxygen atoms in total. The van der Waals surface area contributed by atoms with Gasteiger partial charge in [-0.2, -0.15) is 4.98 Å². The minimum absolute atomic E-state index is 0.159. The van der Waals surface area contributed by atoms with Gasteiger partial charge in [0.05, 0.1) is 4.88 Å². The van der Waals surface area contributed by atoms with Crippen molar-refractivity contribution in [1.29, 1.82) is 0 Å². The van der Waals surface area contributed by atoms with Gasteiger partial charge >= 0.3 is 0 Å². The number of thiophene rings is 1. The molecule has 0 aliphatic carbocycles. The fraction of sp³-hybridized carbons (Fsp3) is 0.273. The number of carbonyl (C=O) groups excluding carboxylic acids is 2. The Kier molecular flexibility index (Phi) is 4.24. The number of nitrogens with zero attached hydrogens (tertiary/aromatic N) is 2. The van der Waals surface area contributed by atoms with Gasteiger partial charge in [0.15, 0.2) is 0 Å². The lowest BCUT2D eigenvalue weighted by atomic mass is 10.3. The van der Waals surface area contributed by atoms with Crippen LogP contribution in [0.25, 0.3) is 10.7 Å². The average Bonchev–Trinajstić information content (AvgIpc) is 3.03. The first-order valence-corrected chi connectivity index (χ1v) is 6.45. The third kappa shape index (κ3) is 3.88. The largest absolute Gasteiger partial charge is 0.339 e. The summed E-state index contributed by atoms with van der Waals surface area (Å²) in [5.41, 5.74) is 4.47. The van der Waals surface area contributed by atoms with Crippen LogP contribution in [0.5, 0.6) is 0 Å². The molecule has 19 heavy (non-hydrogen) atoms. The van der Waals surface area contributed by atoms with E-state index in [-0.39, 0.29) is 18.2 Å². The van der Waals surface area contributed by atoms with E-state index in [9.17, 15) is 9.59 Å². The van der Waals surface area contributed by atoms with E-state index in [1.54, 1.807) is 0 Å². The molecule has 0 aliphatic rings. The average molecular weight is 280 g/mol. The molecule has 2 aromatic rings. The molecule has 100 valence electrons. The second kappa shape index (κ2) is 6.10. The zero-order valence-electron chi connectivity index (χ0n) is 10.2. The number of nitrogens with one attached hydrogen (secondary N) is 2. The number of hydrogen-bond acceptors (Lipinski definition) is 6. The Labute approximate surface area is 113 Å². The Morgan fingerprint density at radius 1 is 1.42 bits per heavy atom. The molecule has 2 rings (SSSR count). The van der Waals surface area contributed by atoms with Crippen molar-refractivity contribution in [2.24, 2.45) is 0 Å². The molecule has 0 fully saturated rings. The third-order valence-electron chi connectivity index (χ3n) is 2.15. The van der Waals surface area contributed by atoms with Crippen LogP contribution in [0.15, 0.2) is 22.0 Å². The summed E-state index contributed by atoms with van der Waals surface area (Å²) in [7, 11) is 0. The summed E-state index contributed by atoms with van der Waals surface area (Å²) >= 11 is 1.51. The normalized spacial score (nSPS) is 10.2. The van der Waals surface area contributed by atoms with E-state index in [2.05, 4.69) is 21.0 Å². The van der Waals surface area contributed by atoms with Crippen molar-refractivity contribution in [1.82, 2.24) is 21.0 Å². The van der Waals surface area contributed by atoms with E-state index in [0.29, 0.717) is 18.1 Å². The number of amides is 2. The van der Waals surface area contributed by atoms with E-state index in [4.69, 9.17) is 4.52 Å². The van der Waals surface area contributed by atoms with Crippen molar-refractivity contribution in [3.63, 3.8) is 0 Å². The predicted octanol–water partition coefficient (Wildman–Crippen LogP) is 0.898. The standard InChI is InChI=1S/C11H12N4O3S/c1-7(16)13-14-9(17)4-5-10-12-11(15-18-10)8-3-2-6-19-8/h2-3,6H,4-5H2,1H3,(H,13,16)(H,14,17). The summed E-state index contributed by atoms with van der Waals surface area (Å²) in [5.74, 6) is 0.269. The molecule has 2 N–H and O–H groups in total. The molecule has 0 radical (unpaired) electrons. The van der Waals surface area contributed by atoms with Crippen LogP contribution in [0.1, 0.15) is 19.2 Å². The van der Waals surface area contributed by atoms with Crippen LogP contribution >= 0.6 is 11.3 Å². The molecular formula is C11H12N4O3S. The second-order valence-electron chi connectivity index (χ2n) is 3.72. The monoisotopic (exact) mass is 280 g/mol. The Balaban J connectivity index is 1.84. The molecule has 2 heterocycles. The maximum Gasteiger partial charge on any atom is 0.238 e. The molecule has 2 aromatic heterocycles. The van der Waals surface area contributed by atoms with Crippen LogP contribution in [-0.4, -0.2) is 22.0 Å². The lowest BCUT2D eigenvalue weighted by molar-refractivity contribution is -0.127.